The number of benzene rings is 1. The highest BCUT2D eigenvalue weighted by Gasteiger charge is 2.17. The second kappa shape index (κ2) is 6.36. The van der Waals surface area contributed by atoms with E-state index in [1.165, 1.54) is 6.20 Å². The molecule has 0 radical (unpaired) electrons. The minimum Gasteiger partial charge on any atom is -0.497 e. The number of methoxy groups -OCH3 is 1. The molecule has 0 aliphatic rings. The number of aliphatic hydroxyl groups is 1. The first-order valence-corrected chi connectivity index (χ1v) is 6.22. The molecule has 5 nitrogen and oxygen atoms in total. The molecule has 2 N–H and O–H groups in total. The van der Waals surface area contributed by atoms with Crippen LogP contribution >= 0.6 is 11.6 Å². The van der Waals surface area contributed by atoms with Crippen LogP contribution in [0.25, 0.3) is 0 Å². The fourth-order valence-corrected chi connectivity index (χ4v) is 1.69. The van der Waals surface area contributed by atoms with Crippen molar-refractivity contribution < 1.29 is 14.6 Å². The summed E-state index contributed by atoms with van der Waals surface area (Å²) in [5.41, 5.74) is 0.375. The fraction of sp³-hybridized carbons (Fsp3) is 0.143. The van der Waals surface area contributed by atoms with Gasteiger partial charge in [0, 0.05) is 11.8 Å². The van der Waals surface area contributed by atoms with E-state index in [-0.39, 0.29) is 0 Å². The molecule has 1 aromatic heterocycles. The number of halogens is 1. The monoisotopic (exact) mass is 292 g/mol. The average molecular weight is 293 g/mol. The lowest BCUT2D eigenvalue weighted by Crippen LogP contribution is -2.29. The summed E-state index contributed by atoms with van der Waals surface area (Å²) in [6.07, 6.45) is 0.0474. The van der Waals surface area contributed by atoms with Crippen LogP contribution in [0.5, 0.6) is 5.75 Å². The van der Waals surface area contributed by atoms with Gasteiger partial charge in [-0.3, -0.25) is 4.79 Å². The summed E-state index contributed by atoms with van der Waals surface area (Å²) in [6.45, 7) is 0. The topological polar surface area (TPSA) is 71.5 Å². The van der Waals surface area contributed by atoms with E-state index in [1.54, 1.807) is 43.5 Å². The number of nitrogens with one attached hydrogen (secondary N) is 1. The Kier molecular flexibility index (Phi) is 4.55. The van der Waals surface area contributed by atoms with Gasteiger partial charge in [0.2, 0.25) is 5.78 Å². The van der Waals surface area contributed by atoms with Crippen LogP contribution in [0.1, 0.15) is 10.4 Å². The molecular weight excluding hydrogens is 280 g/mol. The van der Waals surface area contributed by atoms with Gasteiger partial charge in [-0.15, -0.1) is 0 Å². The van der Waals surface area contributed by atoms with E-state index in [1.807, 2.05) is 0 Å². The molecule has 0 saturated heterocycles. The molecule has 6 heteroatoms. The second-order valence-electron chi connectivity index (χ2n) is 4.00. The van der Waals surface area contributed by atoms with Crippen LogP contribution in [0.4, 0.5) is 5.82 Å². The standard InChI is InChI=1S/C14H13ClN2O3/c1-20-11-5-2-9(3-6-11)13(18)14(19)17-12-7-4-10(15)8-16-12/h2-8,14,19H,1H3,(H,16,17). The first-order chi connectivity index (χ1) is 9.60. The molecule has 0 bridgehead atoms. The Morgan fingerprint density at radius 3 is 2.55 bits per heavy atom. The van der Waals surface area contributed by atoms with Gasteiger partial charge < -0.3 is 15.2 Å². The Hall–Kier alpha value is -2.11. The molecule has 1 unspecified atom stereocenters. The van der Waals surface area contributed by atoms with Gasteiger partial charge in [-0.1, -0.05) is 11.6 Å². The van der Waals surface area contributed by atoms with E-state index in [0.717, 1.165) is 0 Å². The molecule has 104 valence electrons. The molecule has 0 fully saturated rings. The molecule has 20 heavy (non-hydrogen) atoms. The number of ketones is 1. The summed E-state index contributed by atoms with van der Waals surface area (Å²) in [5.74, 6) is 0.552. The van der Waals surface area contributed by atoms with Crippen molar-refractivity contribution in [2.75, 3.05) is 12.4 Å². The molecule has 1 heterocycles. The van der Waals surface area contributed by atoms with Crippen LogP contribution in [-0.4, -0.2) is 29.2 Å². The zero-order chi connectivity index (χ0) is 14.5. The lowest BCUT2D eigenvalue weighted by atomic mass is 10.1. The first-order valence-electron chi connectivity index (χ1n) is 5.84. The van der Waals surface area contributed by atoms with E-state index in [0.29, 0.717) is 22.2 Å². The van der Waals surface area contributed by atoms with Crippen molar-refractivity contribution in [3.63, 3.8) is 0 Å². The highest BCUT2D eigenvalue weighted by Crippen LogP contribution is 2.14. The summed E-state index contributed by atoms with van der Waals surface area (Å²) in [4.78, 5) is 16.0. The number of carbonyl (C=O) groups is 1. The Morgan fingerprint density at radius 1 is 1.30 bits per heavy atom. The number of Topliss-reactive ketones (excluding diaryl/α,β-unsaturated/α-hetero) is 1. The Bertz CT molecular complexity index is 584. The van der Waals surface area contributed by atoms with E-state index >= 15 is 0 Å². The highest BCUT2D eigenvalue weighted by atomic mass is 35.5. The van der Waals surface area contributed by atoms with Gasteiger partial charge in [0.05, 0.1) is 12.1 Å². The minimum atomic E-state index is -1.38. The second-order valence-corrected chi connectivity index (χ2v) is 4.44. The number of hydrogen-bond acceptors (Lipinski definition) is 5. The Balaban J connectivity index is 2.05. The van der Waals surface area contributed by atoms with Crippen molar-refractivity contribution in [1.29, 1.82) is 0 Å². The number of hydrogen-bond donors (Lipinski definition) is 2. The van der Waals surface area contributed by atoms with Crippen LogP contribution in [-0.2, 0) is 0 Å². The van der Waals surface area contributed by atoms with Crippen LogP contribution in [0, 0.1) is 0 Å². The van der Waals surface area contributed by atoms with Crippen molar-refractivity contribution in [3.8, 4) is 5.75 Å². The largest absolute Gasteiger partial charge is 0.497 e. The van der Waals surface area contributed by atoms with Crippen LogP contribution in [0.15, 0.2) is 42.6 Å². The highest BCUT2D eigenvalue weighted by molar-refractivity contribution is 6.30. The van der Waals surface area contributed by atoms with Crippen LogP contribution in [0.2, 0.25) is 5.02 Å². The summed E-state index contributed by atoms with van der Waals surface area (Å²) in [5, 5.41) is 12.9. The number of aliphatic hydroxyl groups excluding tert-OH is 1. The molecule has 0 amide bonds. The van der Waals surface area contributed by atoms with Crippen LogP contribution < -0.4 is 10.1 Å². The SMILES string of the molecule is COc1ccc(C(=O)C(O)Nc2ccc(Cl)cn2)cc1. The van der Waals surface area contributed by atoms with Gasteiger partial charge in [-0.25, -0.2) is 4.98 Å². The number of ether oxygens (including phenoxy) is 1. The number of anilines is 1. The summed E-state index contributed by atoms with van der Waals surface area (Å²) >= 11 is 5.70. The quantitative estimate of drug-likeness (QED) is 0.654. The zero-order valence-electron chi connectivity index (χ0n) is 10.7. The third-order valence-electron chi connectivity index (χ3n) is 2.63. The first kappa shape index (κ1) is 14.3. The molecule has 0 saturated carbocycles. The van der Waals surface area contributed by atoms with Crippen molar-refractivity contribution in [3.05, 3.63) is 53.2 Å². The lowest BCUT2D eigenvalue weighted by Gasteiger charge is -2.12. The van der Waals surface area contributed by atoms with E-state index in [4.69, 9.17) is 16.3 Å². The van der Waals surface area contributed by atoms with Crippen molar-refractivity contribution in [2.24, 2.45) is 0 Å². The van der Waals surface area contributed by atoms with Gasteiger partial charge in [0.1, 0.15) is 11.6 Å². The van der Waals surface area contributed by atoms with Crippen LogP contribution in [0.3, 0.4) is 0 Å². The minimum absolute atomic E-state index is 0.365. The van der Waals surface area contributed by atoms with E-state index in [9.17, 15) is 9.90 Å². The van der Waals surface area contributed by atoms with Gasteiger partial charge in [-0.05, 0) is 36.4 Å². The predicted octanol–water partition coefficient (Wildman–Crippen LogP) is 2.36. The molecule has 0 aliphatic carbocycles. The zero-order valence-corrected chi connectivity index (χ0v) is 11.5. The van der Waals surface area contributed by atoms with Gasteiger partial charge >= 0.3 is 0 Å². The summed E-state index contributed by atoms with van der Waals surface area (Å²) in [7, 11) is 1.54. The number of rotatable bonds is 5. The predicted molar refractivity (Wildman–Crippen MR) is 76.2 cm³/mol. The number of pyridine rings is 1. The molecule has 0 spiro atoms. The molecule has 0 aliphatic heterocycles. The molecular formula is C14H13ClN2O3. The fourth-order valence-electron chi connectivity index (χ4n) is 1.58. The van der Waals surface area contributed by atoms with Gasteiger partial charge in [-0.2, -0.15) is 0 Å². The molecule has 2 rings (SSSR count). The maximum absolute atomic E-state index is 12.0. The van der Waals surface area contributed by atoms with E-state index in [2.05, 4.69) is 10.3 Å². The maximum Gasteiger partial charge on any atom is 0.211 e. The third kappa shape index (κ3) is 3.46. The number of carbonyl (C=O) groups excluding carboxylic acids is 1. The van der Waals surface area contributed by atoms with Gasteiger partial charge in [0.25, 0.3) is 0 Å². The molecule has 1 atom stereocenters. The normalized spacial score (nSPS) is 11.8. The van der Waals surface area contributed by atoms with Crippen molar-refractivity contribution >= 4 is 23.2 Å². The Labute approximate surface area is 121 Å². The number of aromatic nitrogens is 1. The van der Waals surface area contributed by atoms with Crippen molar-refractivity contribution in [2.45, 2.75) is 6.23 Å². The third-order valence-corrected chi connectivity index (χ3v) is 2.86. The summed E-state index contributed by atoms with van der Waals surface area (Å²) in [6, 6.07) is 9.66. The van der Waals surface area contributed by atoms with Crippen molar-refractivity contribution in [1.82, 2.24) is 4.98 Å². The molecule has 1 aromatic carbocycles. The summed E-state index contributed by atoms with van der Waals surface area (Å²) < 4.78 is 5.00. The molecule has 2 aromatic rings. The average Bonchev–Trinajstić information content (AvgIpc) is 2.49. The van der Waals surface area contributed by atoms with E-state index < -0.39 is 12.0 Å². The van der Waals surface area contributed by atoms with Gasteiger partial charge in [0.15, 0.2) is 6.23 Å². The number of nitrogens with zero attached hydrogens (tertiary/aromatic N) is 1. The Morgan fingerprint density at radius 2 is 2.00 bits per heavy atom. The maximum atomic E-state index is 12.0. The lowest BCUT2D eigenvalue weighted by molar-refractivity contribution is 0.0793. The smallest absolute Gasteiger partial charge is 0.211 e.